The minimum atomic E-state index is 0.241. The predicted molar refractivity (Wildman–Crippen MR) is 44.0 cm³/mol. The van der Waals surface area contributed by atoms with Crippen molar-refractivity contribution in [2.45, 2.75) is 20.3 Å². The van der Waals surface area contributed by atoms with Crippen molar-refractivity contribution in [3.8, 4) is 0 Å². The lowest BCUT2D eigenvalue weighted by molar-refractivity contribution is -0.126. The van der Waals surface area contributed by atoms with Crippen LogP contribution in [0.25, 0.3) is 0 Å². The van der Waals surface area contributed by atoms with Crippen LogP contribution in [0.2, 0.25) is 0 Å². The van der Waals surface area contributed by atoms with Crippen LogP contribution in [-0.2, 0) is 4.79 Å². The molecule has 64 valence electrons. The summed E-state index contributed by atoms with van der Waals surface area (Å²) in [5, 5.41) is 3.02. The number of hydrogen-bond donors (Lipinski definition) is 1. The third kappa shape index (κ3) is 2.50. The number of hydrogen-bond acceptors (Lipinski definition) is 2. The van der Waals surface area contributed by atoms with Crippen LogP contribution in [0.4, 0.5) is 0 Å². The molecule has 0 atom stereocenters. The first-order chi connectivity index (χ1) is 5.20. The lowest BCUT2D eigenvalue weighted by Crippen LogP contribution is -2.28. The molecule has 0 aliphatic carbocycles. The summed E-state index contributed by atoms with van der Waals surface area (Å²) < 4.78 is 0. The van der Waals surface area contributed by atoms with Crippen LogP contribution in [0.1, 0.15) is 20.3 Å². The number of rotatable bonds is 3. The van der Waals surface area contributed by atoms with E-state index in [1.165, 1.54) is 0 Å². The SMILES string of the molecule is CC(C)CCN1CNCC1=O. The van der Waals surface area contributed by atoms with Crippen molar-refractivity contribution >= 4 is 5.91 Å². The normalized spacial score (nSPS) is 18.5. The molecule has 1 fully saturated rings. The molecule has 0 unspecified atom stereocenters. The van der Waals surface area contributed by atoms with Gasteiger partial charge in [0.2, 0.25) is 5.91 Å². The second-order valence-electron chi connectivity index (χ2n) is 3.42. The Balaban J connectivity index is 2.20. The molecule has 1 rings (SSSR count). The summed E-state index contributed by atoms with van der Waals surface area (Å²) in [6.07, 6.45) is 1.10. The van der Waals surface area contributed by atoms with Crippen molar-refractivity contribution in [2.75, 3.05) is 19.8 Å². The fourth-order valence-corrected chi connectivity index (χ4v) is 1.12. The van der Waals surface area contributed by atoms with Crippen molar-refractivity contribution in [2.24, 2.45) is 5.92 Å². The zero-order valence-electron chi connectivity index (χ0n) is 7.26. The Morgan fingerprint density at radius 3 is 2.82 bits per heavy atom. The van der Waals surface area contributed by atoms with Crippen molar-refractivity contribution in [1.29, 1.82) is 0 Å². The quantitative estimate of drug-likeness (QED) is 0.642. The first kappa shape index (κ1) is 8.53. The van der Waals surface area contributed by atoms with Crippen molar-refractivity contribution in [3.05, 3.63) is 0 Å². The van der Waals surface area contributed by atoms with E-state index in [4.69, 9.17) is 0 Å². The van der Waals surface area contributed by atoms with Crippen LogP contribution in [0.15, 0.2) is 0 Å². The van der Waals surface area contributed by atoms with E-state index in [-0.39, 0.29) is 5.91 Å². The molecule has 1 heterocycles. The highest BCUT2D eigenvalue weighted by Crippen LogP contribution is 2.03. The average molecular weight is 156 g/mol. The van der Waals surface area contributed by atoms with Crippen LogP contribution in [-0.4, -0.2) is 30.6 Å². The van der Waals surface area contributed by atoms with Gasteiger partial charge in [0.05, 0.1) is 13.2 Å². The minimum Gasteiger partial charge on any atom is -0.329 e. The fraction of sp³-hybridized carbons (Fsp3) is 0.875. The van der Waals surface area contributed by atoms with E-state index in [1.54, 1.807) is 0 Å². The molecule has 0 aromatic carbocycles. The van der Waals surface area contributed by atoms with Crippen molar-refractivity contribution in [1.82, 2.24) is 10.2 Å². The molecule has 3 heteroatoms. The molecule has 1 amide bonds. The summed E-state index contributed by atoms with van der Waals surface area (Å²) in [5.41, 5.74) is 0. The molecule has 1 saturated heterocycles. The summed E-state index contributed by atoms with van der Waals surface area (Å²) in [6.45, 7) is 6.52. The summed E-state index contributed by atoms with van der Waals surface area (Å²) in [4.78, 5) is 12.9. The lowest BCUT2D eigenvalue weighted by Gasteiger charge is -2.15. The fourth-order valence-electron chi connectivity index (χ4n) is 1.12. The average Bonchev–Trinajstić information content (AvgIpc) is 2.31. The number of amides is 1. The maximum absolute atomic E-state index is 11.1. The number of carbonyl (C=O) groups excluding carboxylic acids is 1. The van der Waals surface area contributed by atoms with Crippen molar-refractivity contribution < 1.29 is 4.79 Å². The van der Waals surface area contributed by atoms with Gasteiger partial charge in [0.1, 0.15) is 0 Å². The van der Waals surface area contributed by atoms with E-state index >= 15 is 0 Å². The lowest BCUT2D eigenvalue weighted by atomic mass is 10.1. The second-order valence-corrected chi connectivity index (χ2v) is 3.42. The van der Waals surface area contributed by atoms with Crippen LogP contribution >= 0.6 is 0 Å². The highest BCUT2D eigenvalue weighted by molar-refractivity contribution is 5.79. The Bertz CT molecular complexity index is 145. The molecule has 1 N–H and O–H groups in total. The van der Waals surface area contributed by atoms with E-state index in [0.29, 0.717) is 12.5 Å². The van der Waals surface area contributed by atoms with Gasteiger partial charge < -0.3 is 4.90 Å². The van der Waals surface area contributed by atoms with E-state index < -0.39 is 0 Å². The van der Waals surface area contributed by atoms with E-state index in [1.807, 2.05) is 4.90 Å². The van der Waals surface area contributed by atoms with Crippen molar-refractivity contribution in [3.63, 3.8) is 0 Å². The molecule has 0 radical (unpaired) electrons. The van der Waals surface area contributed by atoms with E-state index in [0.717, 1.165) is 19.6 Å². The minimum absolute atomic E-state index is 0.241. The predicted octanol–water partition coefficient (Wildman–Crippen LogP) is 0.422. The van der Waals surface area contributed by atoms with Gasteiger partial charge in [-0.15, -0.1) is 0 Å². The van der Waals surface area contributed by atoms with Crippen LogP contribution in [0.5, 0.6) is 0 Å². The molecule has 11 heavy (non-hydrogen) atoms. The summed E-state index contributed by atoms with van der Waals surface area (Å²) >= 11 is 0. The number of carbonyl (C=O) groups is 1. The Kier molecular flexibility index (Phi) is 2.88. The molecule has 0 saturated carbocycles. The molecule has 1 aliphatic heterocycles. The highest BCUT2D eigenvalue weighted by Gasteiger charge is 2.18. The third-order valence-corrected chi connectivity index (χ3v) is 1.91. The Labute approximate surface area is 67.8 Å². The molecule has 0 bridgehead atoms. The van der Waals surface area contributed by atoms with Gasteiger partial charge >= 0.3 is 0 Å². The van der Waals surface area contributed by atoms with Gasteiger partial charge in [0, 0.05) is 6.54 Å². The highest BCUT2D eigenvalue weighted by atomic mass is 16.2. The van der Waals surface area contributed by atoms with Gasteiger partial charge in [-0.05, 0) is 12.3 Å². The maximum atomic E-state index is 11.1. The first-order valence-corrected chi connectivity index (χ1v) is 4.18. The third-order valence-electron chi connectivity index (χ3n) is 1.91. The standard InChI is InChI=1S/C8H16N2O/c1-7(2)3-4-10-6-9-5-8(10)11/h7,9H,3-6H2,1-2H3. The summed E-state index contributed by atoms with van der Waals surface area (Å²) in [6, 6.07) is 0. The molecule has 1 aliphatic rings. The summed E-state index contributed by atoms with van der Waals surface area (Å²) in [7, 11) is 0. The van der Waals surface area contributed by atoms with Gasteiger partial charge in [0.15, 0.2) is 0 Å². The van der Waals surface area contributed by atoms with Gasteiger partial charge in [-0.25, -0.2) is 0 Å². The van der Waals surface area contributed by atoms with Gasteiger partial charge in [-0.1, -0.05) is 13.8 Å². The largest absolute Gasteiger partial charge is 0.329 e. The molecule has 0 aromatic rings. The van der Waals surface area contributed by atoms with E-state index in [2.05, 4.69) is 19.2 Å². The Morgan fingerprint density at radius 1 is 1.64 bits per heavy atom. The molecule has 0 spiro atoms. The Morgan fingerprint density at radius 2 is 2.36 bits per heavy atom. The monoisotopic (exact) mass is 156 g/mol. The number of nitrogens with zero attached hydrogens (tertiary/aromatic N) is 1. The first-order valence-electron chi connectivity index (χ1n) is 4.18. The van der Waals surface area contributed by atoms with E-state index in [9.17, 15) is 4.79 Å². The Hall–Kier alpha value is -0.570. The van der Waals surface area contributed by atoms with Gasteiger partial charge in [-0.2, -0.15) is 0 Å². The van der Waals surface area contributed by atoms with Crippen LogP contribution in [0.3, 0.4) is 0 Å². The smallest absolute Gasteiger partial charge is 0.237 e. The van der Waals surface area contributed by atoms with Crippen LogP contribution < -0.4 is 5.32 Å². The van der Waals surface area contributed by atoms with Crippen LogP contribution in [0, 0.1) is 5.92 Å². The van der Waals surface area contributed by atoms with Gasteiger partial charge in [0.25, 0.3) is 0 Å². The molecular weight excluding hydrogens is 140 g/mol. The molecular formula is C8H16N2O. The summed E-state index contributed by atoms with van der Waals surface area (Å²) in [5.74, 6) is 0.925. The topological polar surface area (TPSA) is 32.3 Å². The van der Waals surface area contributed by atoms with Gasteiger partial charge in [-0.3, -0.25) is 10.1 Å². The zero-order chi connectivity index (χ0) is 8.27. The maximum Gasteiger partial charge on any atom is 0.237 e. The zero-order valence-corrected chi connectivity index (χ0v) is 7.26. The molecule has 3 nitrogen and oxygen atoms in total. The number of nitrogens with one attached hydrogen (secondary N) is 1. The molecule has 0 aromatic heterocycles. The second kappa shape index (κ2) is 3.72.